The molecule has 0 saturated carbocycles. The average molecular weight is 320 g/mol. The summed E-state index contributed by atoms with van der Waals surface area (Å²) in [5, 5.41) is 3.07. The minimum atomic E-state index is -0.162. The van der Waals surface area contributed by atoms with Crippen LogP contribution in [0.1, 0.15) is 36.3 Å². The first-order chi connectivity index (χ1) is 11.1. The number of carbonyl (C=O) groups is 2. The number of piperidine rings is 1. The molecule has 2 fully saturated rings. The first-order valence-corrected chi connectivity index (χ1v) is 8.30. The van der Waals surface area contributed by atoms with Crippen LogP contribution in [0.4, 0.5) is 4.79 Å². The number of nitrogens with zero attached hydrogens (tertiary/aromatic N) is 3. The highest BCUT2D eigenvalue weighted by Gasteiger charge is 2.31. The van der Waals surface area contributed by atoms with Crippen LogP contribution in [-0.2, 0) is 11.8 Å². The number of hydrogen-bond donors (Lipinski definition) is 1. The van der Waals surface area contributed by atoms with Gasteiger partial charge in [0.15, 0.2) is 5.82 Å². The van der Waals surface area contributed by atoms with Crippen molar-refractivity contribution >= 4 is 11.8 Å². The van der Waals surface area contributed by atoms with Gasteiger partial charge < -0.3 is 19.5 Å². The first kappa shape index (κ1) is 16.0. The number of imidazole rings is 1. The van der Waals surface area contributed by atoms with Crippen LogP contribution in [0.25, 0.3) is 0 Å². The van der Waals surface area contributed by atoms with Crippen LogP contribution in [-0.4, -0.2) is 58.6 Å². The number of ether oxygens (including phenoxy) is 1. The number of hydrogen-bond acceptors (Lipinski definition) is 4. The second-order valence-electron chi connectivity index (χ2n) is 6.35. The average Bonchev–Trinajstić information content (AvgIpc) is 3.01. The lowest BCUT2D eigenvalue weighted by atomic mass is 9.93. The number of aromatic nitrogens is 2. The zero-order valence-electron chi connectivity index (χ0n) is 13.5. The zero-order valence-corrected chi connectivity index (χ0v) is 13.5. The number of Topliss-reactive ketones (excluding diaryl/α,β-unsaturated/α-hetero) is 1. The summed E-state index contributed by atoms with van der Waals surface area (Å²) in [5.74, 6) is 0.341. The van der Waals surface area contributed by atoms with Gasteiger partial charge >= 0.3 is 6.03 Å². The Balaban J connectivity index is 1.58. The lowest BCUT2D eigenvalue weighted by Gasteiger charge is -2.33. The summed E-state index contributed by atoms with van der Waals surface area (Å²) in [4.78, 5) is 30.9. The molecule has 23 heavy (non-hydrogen) atoms. The lowest BCUT2D eigenvalue weighted by molar-refractivity contribution is 0.0747. The Kier molecular flexibility index (Phi) is 4.95. The molecule has 2 saturated heterocycles. The van der Waals surface area contributed by atoms with Gasteiger partial charge in [-0.05, 0) is 25.7 Å². The maximum Gasteiger partial charge on any atom is 0.317 e. The molecule has 1 aromatic rings. The number of nitrogens with one attached hydrogen (secondary N) is 1. The van der Waals surface area contributed by atoms with Gasteiger partial charge in [0, 0.05) is 57.7 Å². The van der Waals surface area contributed by atoms with Gasteiger partial charge in [0.2, 0.25) is 5.78 Å². The molecule has 1 atom stereocenters. The van der Waals surface area contributed by atoms with Crippen molar-refractivity contribution in [2.24, 2.45) is 13.0 Å². The van der Waals surface area contributed by atoms with Crippen molar-refractivity contribution in [2.45, 2.75) is 31.7 Å². The van der Waals surface area contributed by atoms with Gasteiger partial charge in [-0.2, -0.15) is 0 Å². The van der Waals surface area contributed by atoms with Crippen molar-refractivity contribution in [1.82, 2.24) is 19.8 Å². The molecule has 7 heteroatoms. The molecule has 1 aromatic heterocycles. The van der Waals surface area contributed by atoms with E-state index in [2.05, 4.69) is 10.3 Å². The molecular weight excluding hydrogens is 296 g/mol. The third-order valence-corrected chi connectivity index (χ3v) is 4.67. The maximum atomic E-state index is 12.6. The Morgan fingerprint density at radius 1 is 1.30 bits per heavy atom. The molecule has 0 aromatic carbocycles. The fourth-order valence-electron chi connectivity index (χ4n) is 3.27. The van der Waals surface area contributed by atoms with Gasteiger partial charge in [0.05, 0.1) is 0 Å². The summed E-state index contributed by atoms with van der Waals surface area (Å²) in [6.45, 7) is 2.58. The van der Waals surface area contributed by atoms with Crippen molar-refractivity contribution in [3.8, 4) is 0 Å². The van der Waals surface area contributed by atoms with E-state index in [-0.39, 0.29) is 23.8 Å². The van der Waals surface area contributed by atoms with Crippen LogP contribution in [0.2, 0.25) is 0 Å². The van der Waals surface area contributed by atoms with E-state index in [1.807, 2.05) is 7.05 Å². The number of urea groups is 1. The smallest absolute Gasteiger partial charge is 0.317 e. The van der Waals surface area contributed by atoms with E-state index in [0.29, 0.717) is 32.1 Å². The molecule has 2 amide bonds. The number of amides is 2. The molecule has 2 aliphatic heterocycles. The monoisotopic (exact) mass is 320 g/mol. The lowest BCUT2D eigenvalue weighted by Crippen LogP contribution is -2.50. The van der Waals surface area contributed by atoms with Gasteiger partial charge in [-0.1, -0.05) is 0 Å². The van der Waals surface area contributed by atoms with E-state index in [1.54, 1.807) is 21.9 Å². The molecule has 3 heterocycles. The van der Waals surface area contributed by atoms with Crippen molar-refractivity contribution < 1.29 is 14.3 Å². The minimum absolute atomic E-state index is 0.0288. The predicted octanol–water partition coefficient (Wildman–Crippen LogP) is 1.20. The van der Waals surface area contributed by atoms with Gasteiger partial charge in [0.25, 0.3) is 0 Å². The third-order valence-electron chi connectivity index (χ3n) is 4.67. The SMILES string of the molecule is Cn1ccnc1C(=O)[C@H]1CCCN(C(=O)NC2CCOCC2)C1. The number of aryl methyl sites for hydroxylation is 1. The molecule has 0 unspecified atom stereocenters. The van der Waals surface area contributed by atoms with Crippen molar-refractivity contribution in [1.29, 1.82) is 0 Å². The van der Waals surface area contributed by atoms with Gasteiger partial charge in [0.1, 0.15) is 0 Å². The topological polar surface area (TPSA) is 76.5 Å². The van der Waals surface area contributed by atoms with E-state index < -0.39 is 0 Å². The largest absolute Gasteiger partial charge is 0.381 e. The second-order valence-corrected chi connectivity index (χ2v) is 6.35. The highest BCUT2D eigenvalue weighted by molar-refractivity contribution is 5.95. The Bertz CT molecular complexity index is 565. The van der Waals surface area contributed by atoms with E-state index in [4.69, 9.17) is 4.74 Å². The molecule has 126 valence electrons. The van der Waals surface area contributed by atoms with Gasteiger partial charge in [-0.25, -0.2) is 9.78 Å². The van der Waals surface area contributed by atoms with E-state index in [9.17, 15) is 9.59 Å². The van der Waals surface area contributed by atoms with Crippen molar-refractivity contribution in [3.05, 3.63) is 18.2 Å². The third kappa shape index (κ3) is 3.72. The van der Waals surface area contributed by atoms with E-state index >= 15 is 0 Å². The fourth-order valence-corrected chi connectivity index (χ4v) is 3.27. The van der Waals surface area contributed by atoms with Crippen molar-refractivity contribution in [2.75, 3.05) is 26.3 Å². The van der Waals surface area contributed by atoms with Crippen LogP contribution in [0.5, 0.6) is 0 Å². The maximum absolute atomic E-state index is 12.6. The van der Waals surface area contributed by atoms with Crippen molar-refractivity contribution in [3.63, 3.8) is 0 Å². The Labute approximate surface area is 136 Å². The normalized spacial score (nSPS) is 22.8. The quantitative estimate of drug-likeness (QED) is 0.849. The minimum Gasteiger partial charge on any atom is -0.381 e. The molecular formula is C16H24N4O3. The highest BCUT2D eigenvalue weighted by Crippen LogP contribution is 2.20. The first-order valence-electron chi connectivity index (χ1n) is 8.30. The molecule has 0 aliphatic carbocycles. The summed E-state index contributed by atoms with van der Waals surface area (Å²) in [5.41, 5.74) is 0. The Morgan fingerprint density at radius 2 is 2.09 bits per heavy atom. The van der Waals surface area contributed by atoms with E-state index in [1.165, 1.54) is 0 Å². The fraction of sp³-hybridized carbons (Fsp3) is 0.688. The van der Waals surface area contributed by atoms with Gasteiger partial charge in [-0.15, -0.1) is 0 Å². The van der Waals surface area contributed by atoms with Crippen LogP contribution < -0.4 is 5.32 Å². The Hall–Kier alpha value is -1.89. The van der Waals surface area contributed by atoms with Crippen LogP contribution in [0.3, 0.4) is 0 Å². The molecule has 3 rings (SSSR count). The summed E-state index contributed by atoms with van der Waals surface area (Å²) in [6, 6.07) is 0.121. The molecule has 2 aliphatic rings. The molecule has 0 spiro atoms. The van der Waals surface area contributed by atoms with Crippen LogP contribution in [0.15, 0.2) is 12.4 Å². The Morgan fingerprint density at radius 3 is 2.78 bits per heavy atom. The zero-order chi connectivity index (χ0) is 16.2. The predicted molar refractivity (Wildman–Crippen MR) is 84.2 cm³/mol. The summed E-state index contributed by atoms with van der Waals surface area (Å²) in [6.07, 6.45) is 6.77. The number of ketones is 1. The number of rotatable bonds is 3. The van der Waals surface area contributed by atoms with Crippen LogP contribution in [0, 0.1) is 5.92 Å². The summed E-state index contributed by atoms with van der Waals surface area (Å²) >= 11 is 0. The summed E-state index contributed by atoms with van der Waals surface area (Å²) < 4.78 is 7.05. The summed E-state index contributed by atoms with van der Waals surface area (Å²) in [7, 11) is 1.82. The molecule has 0 radical (unpaired) electrons. The van der Waals surface area contributed by atoms with Crippen LogP contribution >= 0.6 is 0 Å². The standard InChI is InChI=1S/C16H24N4O3/c1-19-8-6-17-15(19)14(21)12-3-2-7-20(11-12)16(22)18-13-4-9-23-10-5-13/h6,8,12-13H,2-5,7,9-11H2,1H3,(H,18,22)/t12-/m0/s1. The highest BCUT2D eigenvalue weighted by atomic mass is 16.5. The molecule has 1 N–H and O–H groups in total. The second kappa shape index (κ2) is 7.12. The molecule has 0 bridgehead atoms. The van der Waals surface area contributed by atoms with Gasteiger partial charge in [-0.3, -0.25) is 4.79 Å². The molecule has 7 nitrogen and oxygen atoms in total. The van der Waals surface area contributed by atoms with E-state index in [0.717, 1.165) is 25.7 Å². The number of likely N-dealkylation sites (tertiary alicyclic amines) is 1. The number of carbonyl (C=O) groups excluding carboxylic acids is 2.